The Morgan fingerprint density at radius 3 is 2.50 bits per heavy atom. The van der Waals surface area contributed by atoms with E-state index in [1.807, 2.05) is 32.9 Å². The Balaban J connectivity index is 2.08. The van der Waals surface area contributed by atoms with Crippen LogP contribution in [0, 0.1) is 19.8 Å². The van der Waals surface area contributed by atoms with Crippen molar-refractivity contribution in [2.45, 2.75) is 40.0 Å². The van der Waals surface area contributed by atoms with Gasteiger partial charge in [0.1, 0.15) is 0 Å². The number of carbonyl (C=O) groups excluding carboxylic acids is 1. The molecule has 0 spiro atoms. The minimum Gasteiger partial charge on any atom is -0.481 e. The third kappa shape index (κ3) is 4.85. The summed E-state index contributed by atoms with van der Waals surface area (Å²) in [6, 6.07) is 7.32. The Bertz CT molecular complexity index is 784. The van der Waals surface area contributed by atoms with Gasteiger partial charge in [0.25, 0.3) is 0 Å². The van der Waals surface area contributed by atoms with Gasteiger partial charge >= 0.3 is 5.97 Å². The van der Waals surface area contributed by atoms with Crippen molar-refractivity contribution in [3.05, 3.63) is 46.2 Å². The smallest absolute Gasteiger partial charge is 0.308 e. The van der Waals surface area contributed by atoms with Crippen molar-refractivity contribution in [2.24, 2.45) is 5.92 Å². The first-order chi connectivity index (χ1) is 12.3. The van der Waals surface area contributed by atoms with Crippen LogP contribution in [0.3, 0.4) is 0 Å². The normalized spacial score (nSPS) is 12.0. The summed E-state index contributed by atoms with van der Waals surface area (Å²) in [6.07, 6.45) is 1.48. The van der Waals surface area contributed by atoms with E-state index in [4.69, 9.17) is 11.6 Å². The van der Waals surface area contributed by atoms with Crippen LogP contribution >= 0.6 is 11.6 Å². The molecule has 0 fully saturated rings. The molecule has 1 unspecified atom stereocenters. The molecule has 0 aliphatic rings. The Labute approximate surface area is 158 Å². The average Bonchev–Trinajstić information content (AvgIpc) is 2.87. The lowest BCUT2D eigenvalue weighted by Gasteiger charge is -2.12. The minimum absolute atomic E-state index is 0.144. The van der Waals surface area contributed by atoms with Crippen LogP contribution in [0.5, 0.6) is 0 Å². The van der Waals surface area contributed by atoms with Crippen molar-refractivity contribution in [3.8, 4) is 5.69 Å². The average molecular weight is 378 g/mol. The molecule has 1 aromatic heterocycles. The Morgan fingerprint density at radius 2 is 1.92 bits per heavy atom. The van der Waals surface area contributed by atoms with Crippen LogP contribution in [-0.2, 0) is 16.0 Å². The highest BCUT2D eigenvalue weighted by Crippen LogP contribution is 2.20. The van der Waals surface area contributed by atoms with Crippen LogP contribution < -0.4 is 5.32 Å². The Morgan fingerprint density at radius 1 is 1.27 bits per heavy atom. The van der Waals surface area contributed by atoms with E-state index in [9.17, 15) is 14.7 Å². The summed E-state index contributed by atoms with van der Waals surface area (Å²) in [6.45, 7) is 5.84. The summed E-state index contributed by atoms with van der Waals surface area (Å²) < 4.78 is 1.78. The number of carbonyl (C=O) groups is 2. The molecule has 1 heterocycles. The van der Waals surface area contributed by atoms with E-state index < -0.39 is 11.9 Å². The van der Waals surface area contributed by atoms with Crippen molar-refractivity contribution in [1.82, 2.24) is 15.1 Å². The first kappa shape index (κ1) is 20.0. The number of halogens is 1. The summed E-state index contributed by atoms with van der Waals surface area (Å²) in [5, 5.41) is 17.1. The molecule has 2 aromatic rings. The fourth-order valence-electron chi connectivity index (χ4n) is 2.89. The van der Waals surface area contributed by atoms with Crippen LogP contribution in [-0.4, -0.2) is 33.3 Å². The van der Waals surface area contributed by atoms with E-state index in [1.54, 1.807) is 16.8 Å². The summed E-state index contributed by atoms with van der Waals surface area (Å²) in [7, 11) is 0. The van der Waals surface area contributed by atoms with Gasteiger partial charge in [-0.15, -0.1) is 0 Å². The van der Waals surface area contributed by atoms with Crippen LogP contribution in [0.2, 0.25) is 5.02 Å². The van der Waals surface area contributed by atoms with Gasteiger partial charge in [-0.3, -0.25) is 9.59 Å². The quantitative estimate of drug-likeness (QED) is 0.739. The van der Waals surface area contributed by atoms with Gasteiger partial charge in [-0.25, -0.2) is 4.68 Å². The SMILES string of the molecule is CCCC(CNC(=O)Cc1c(C)nn(-c2ccc(Cl)cc2)c1C)C(=O)O. The number of aryl methyl sites for hydroxylation is 1. The number of carboxylic acid groups (broad SMARTS) is 1. The van der Waals surface area contributed by atoms with E-state index in [0.29, 0.717) is 11.4 Å². The van der Waals surface area contributed by atoms with Gasteiger partial charge in [0.15, 0.2) is 0 Å². The standard InChI is InChI=1S/C19H24ClN3O3/c1-4-5-14(19(25)26)11-21-18(24)10-17-12(2)22-23(13(17)3)16-8-6-15(20)7-9-16/h6-9,14H,4-5,10-11H2,1-3H3,(H,21,24)(H,25,26). The molecule has 0 saturated heterocycles. The number of hydrogen-bond donors (Lipinski definition) is 2. The zero-order valence-corrected chi connectivity index (χ0v) is 16.0. The lowest BCUT2D eigenvalue weighted by Crippen LogP contribution is -2.34. The first-order valence-corrected chi connectivity index (χ1v) is 9.01. The molecule has 1 amide bonds. The fraction of sp³-hybridized carbons (Fsp3) is 0.421. The van der Waals surface area contributed by atoms with E-state index in [0.717, 1.165) is 29.1 Å². The van der Waals surface area contributed by atoms with Crippen molar-refractivity contribution in [2.75, 3.05) is 6.54 Å². The lowest BCUT2D eigenvalue weighted by molar-refractivity contribution is -0.141. The highest BCUT2D eigenvalue weighted by molar-refractivity contribution is 6.30. The summed E-state index contributed by atoms with van der Waals surface area (Å²) in [5.74, 6) is -1.63. The molecular formula is C19H24ClN3O3. The maximum absolute atomic E-state index is 12.3. The highest BCUT2D eigenvalue weighted by Gasteiger charge is 2.19. The topological polar surface area (TPSA) is 84.2 Å². The number of benzene rings is 1. The molecule has 1 aromatic carbocycles. The van der Waals surface area contributed by atoms with Gasteiger partial charge in [-0.05, 0) is 44.5 Å². The van der Waals surface area contributed by atoms with Crippen LogP contribution in [0.15, 0.2) is 24.3 Å². The molecule has 26 heavy (non-hydrogen) atoms. The second-order valence-electron chi connectivity index (χ2n) is 6.34. The van der Waals surface area contributed by atoms with E-state index in [-0.39, 0.29) is 18.9 Å². The highest BCUT2D eigenvalue weighted by atomic mass is 35.5. The number of amides is 1. The van der Waals surface area contributed by atoms with E-state index >= 15 is 0 Å². The molecule has 0 aliphatic carbocycles. The number of aliphatic carboxylic acids is 1. The van der Waals surface area contributed by atoms with Crippen molar-refractivity contribution in [3.63, 3.8) is 0 Å². The van der Waals surface area contributed by atoms with Crippen molar-refractivity contribution in [1.29, 1.82) is 0 Å². The molecule has 6 nitrogen and oxygen atoms in total. The zero-order chi connectivity index (χ0) is 19.3. The first-order valence-electron chi connectivity index (χ1n) is 8.64. The van der Waals surface area contributed by atoms with Crippen LogP contribution in [0.25, 0.3) is 5.69 Å². The third-order valence-electron chi connectivity index (χ3n) is 4.38. The predicted octanol–water partition coefficient (Wildman–Crippen LogP) is 3.30. The summed E-state index contributed by atoms with van der Waals surface area (Å²) in [4.78, 5) is 23.5. The van der Waals surface area contributed by atoms with E-state index in [1.165, 1.54) is 0 Å². The number of carboxylic acids is 1. The molecular weight excluding hydrogens is 354 g/mol. The second kappa shape index (κ2) is 8.85. The largest absolute Gasteiger partial charge is 0.481 e. The monoisotopic (exact) mass is 377 g/mol. The van der Waals surface area contributed by atoms with E-state index in [2.05, 4.69) is 10.4 Å². The third-order valence-corrected chi connectivity index (χ3v) is 4.63. The number of rotatable bonds is 8. The molecule has 2 rings (SSSR count). The molecule has 0 radical (unpaired) electrons. The van der Waals surface area contributed by atoms with Crippen molar-refractivity contribution < 1.29 is 14.7 Å². The lowest BCUT2D eigenvalue weighted by atomic mass is 10.0. The number of nitrogens with one attached hydrogen (secondary N) is 1. The van der Waals surface area contributed by atoms with Gasteiger partial charge in [0, 0.05) is 22.8 Å². The second-order valence-corrected chi connectivity index (χ2v) is 6.78. The van der Waals surface area contributed by atoms with Gasteiger partial charge in [-0.2, -0.15) is 5.10 Å². The zero-order valence-electron chi connectivity index (χ0n) is 15.3. The van der Waals surface area contributed by atoms with Gasteiger partial charge in [0.2, 0.25) is 5.91 Å². The molecule has 1 atom stereocenters. The Hall–Kier alpha value is -2.34. The van der Waals surface area contributed by atoms with Gasteiger partial charge in [-0.1, -0.05) is 24.9 Å². The summed E-state index contributed by atoms with van der Waals surface area (Å²) >= 11 is 5.92. The number of nitrogens with zero attached hydrogens (tertiary/aromatic N) is 2. The van der Waals surface area contributed by atoms with Gasteiger partial charge < -0.3 is 10.4 Å². The minimum atomic E-state index is -0.880. The number of hydrogen-bond acceptors (Lipinski definition) is 3. The molecule has 0 bridgehead atoms. The predicted molar refractivity (Wildman–Crippen MR) is 101 cm³/mol. The van der Waals surface area contributed by atoms with Crippen LogP contribution in [0.1, 0.15) is 36.7 Å². The summed E-state index contributed by atoms with van der Waals surface area (Å²) in [5.41, 5.74) is 3.37. The van der Waals surface area contributed by atoms with Crippen LogP contribution in [0.4, 0.5) is 0 Å². The molecule has 140 valence electrons. The number of aromatic nitrogens is 2. The Kier molecular flexibility index (Phi) is 6.80. The van der Waals surface area contributed by atoms with Gasteiger partial charge in [0.05, 0.1) is 23.7 Å². The molecule has 7 heteroatoms. The maximum atomic E-state index is 12.3. The molecule has 2 N–H and O–H groups in total. The maximum Gasteiger partial charge on any atom is 0.308 e. The van der Waals surface area contributed by atoms with Crippen molar-refractivity contribution >= 4 is 23.5 Å². The molecule has 0 saturated carbocycles. The fourth-order valence-corrected chi connectivity index (χ4v) is 3.01. The molecule has 0 aliphatic heterocycles.